The number of phosphoric ester groups is 1. The maximum Gasteiger partial charge on any atom is 0.268 e. The van der Waals surface area contributed by atoms with E-state index >= 15 is 0 Å². The third-order valence-electron chi connectivity index (χ3n) is 13.6. The van der Waals surface area contributed by atoms with E-state index in [1.54, 1.807) is 6.08 Å². The molecule has 0 bridgehead atoms. The third kappa shape index (κ3) is 54.3. The summed E-state index contributed by atoms with van der Waals surface area (Å²) in [6, 6.07) is -0.906. The molecule has 3 atom stereocenters. The number of likely N-dealkylation sites (N-methyl/N-ethyl adjacent to an activating group) is 1. The van der Waals surface area contributed by atoms with Gasteiger partial charge in [-0.15, -0.1) is 0 Å². The van der Waals surface area contributed by atoms with Gasteiger partial charge in [-0.3, -0.25) is 9.36 Å². The van der Waals surface area contributed by atoms with Gasteiger partial charge in [-0.05, 0) is 57.8 Å². The highest BCUT2D eigenvalue weighted by Crippen LogP contribution is 2.38. The summed E-state index contributed by atoms with van der Waals surface area (Å²) in [5.74, 6) is -0.208. The van der Waals surface area contributed by atoms with Crippen LogP contribution in [0.3, 0.4) is 0 Å². The Labute approximate surface area is 429 Å². The van der Waals surface area contributed by atoms with Crippen molar-refractivity contribution in [3.05, 3.63) is 36.5 Å². The van der Waals surface area contributed by atoms with Crippen LogP contribution in [0.1, 0.15) is 290 Å². The fourth-order valence-electron chi connectivity index (χ4n) is 8.87. The van der Waals surface area contributed by atoms with Gasteiger partial charge in [0.1, 0.15) is 13.2 Å². The third-order valence-corrected chi connectivity index (χ3v) is 14.5. The van der Waals surface area contributed by atoms with Gasteiger partial charge in [0.25, 0.3) is 7.82 Å². The van der Waals surface area contributed by atoms with E-state index < -0.39 is 26.6 Å². The monoisotopic (exact) mass is 993 g/mol. The van der Waals surface area contributed by atoms with Crippen molar-refractivity contribution in [2.45, 2.75) is 302 Å². The van der Waals surface area contributed by atoms with Crippen molar-refractivity contribution in [1.82, 2.24) is 5.32 Å². The number of amides is 1. The summed E-state index contributed by atoms with van der Waals surface area (Å²) >= 11 is 0. The molecule has 0 aliphatic heterocycles. The number of carbonyl (C=O) groups excluding carboxylic acids is 1. The summed E-state index contributed by atoms with van der Waals surface area (Å²) in [6.45, 7) is 4.67. The number of aliphatic hydroxyl groups is 1. The first-order valence-electron chi connectivity index (χ1n) is 29.9. The fourth-order valence-corrected chi connectivity index (χ4v) is 9.60. The first-order valence-corrected chi connectivity index (χ1v) is 31.3. The molecule has 1 amide bonds. The molecule has 0 radical (unpaired) electrons. The van der Waals surface area contributed by atoms with Crippen LogP contribution in [0.4, 0.5) is 0 Å². The molecule has 0 aliphatic rings. The minimum Gasteiger partial charge on any atom is -0.756 e. The maximum atomic E-state index is 13.0. The van der Waals surface area contributed by atoms with Crippen molar-refractivity contribution in [3.63, 3.8) is 0 Å². The van der Waals surface area contributed by atoms with Crippen LogP contribution in [0.2, 0.25) is 0 Å². The average Bonchev–Trinajstić information content (AvgIpc) is 3.31. The van der Waals surface area contributed by atoms with Gasteiger partial charge in [-0.2, -0.15) is 0 Å². The highest BCUT2D eigenvalue weighted by Gasteiger charge is 2.23. The van der Waals surface area contributed by atoms with Crippen LogP contribution in [-0.2, 0) is 18.4 Å². The second kappa shape index (κ2) is 51.6. The normalized spacial score (nSPS) is 14.1. The van der Waals surface area contributed by atoms with Gasteiger partial charge in [0.15, 0.2) is 0 Å². The van der Waals surface area contributed by atoms with E-state index in [2.05, 4.69) is 43.5 Å². The summed E-state index contributed by atoms with van der Waals surface area (Å²) in [6.07, 6.45) is 66.6. The molecule has 2 N–H and O–H groups in total. The number of nitrogens with one attached hydrogen (secondary N) is 1. The van der Waals surface area contributed by atoms with Crippen LogP contribution < -0.4 is 10.2 Å². The molecule has 0 aromatic rings. The van der Waals surface area contributed by atoms with E-state index in [1.807, 2.05) is 27.2 Å². The molecule has 0 fully saturated rings. The molecule has 0 saturated carbocycles. The molecule has 0 aliphatic carbocycles. The predicted octanol–water partition coefficient (Wildman–Crippen LogP) is 17.5. The first-order chi connectivity index (χ1) is 33.5. The molecule has 0 aromatic carbocycles. The Balaban J connectivity index is 4.24. The number of nitrogens with zero attached hydrogens (tertiary/aromatic N) is 1. The zero-order valence-electron chi connectivity index (χ0n) is 46.5. The number of allylic oxidation sites excluding steroid dienone is 5. The lowest BCUT2D eigenvalue weighted by molar-refractivity contribution is -0.870. The summed E-state index contributed by atoms with van der Waals surface area (Å²) < 4.78 is 23.4. The van der Waals surface area contributed by atoms with Gasteiger partial charge in [-0.25, -0.2) is 0 Å². The topological polar surface area (TPSA) is 108 Å². The van der Waals surface area contributed by atoms with Crippen molar-refractivity contribution in [3.8, 4) is 0 Å². The SMILES string of the molecule is CCCCCCCCCCCCCC/C=C\CCCCCCCCCC(=O)NC(COP(=O)([O-])OCC[N+](C)(C)C)C(O)/C=C/CC/C=C/CCCCCCCCCCCCCCCCCCCC. The van der Waals surface area contributed by atoms with Gasteiger partial charge >= 0.3 is 0 Å². The standard InChI is InChI=1S/C60H117N2O6P/c1-6-8-10-12-14-16-18-20-22-24-26-28-30-32-33-35-37-39-41-43-45-47-49-51-53-59(63)58(57-68-69(65,66)67-56-55-62(3,4)5)61-60(64)54-52-50-48-46-44-42-40-38-36-34-31-29-27-25-23-21-19-17-15-13-11-9-7-2/h34,36,43,45,51,53,58-59,63H,6-33,35,37-42,44,46-50,52,54-57H2,1-5H3,(H-,61,64,65,66)/b36-34-,45-43+,53-51+. The van der Waals surface area contributed by atoms with E-state index in [0.29, 0.717) is 17.4 Å². The highest BCUT2D eigenvalue weighted by atomic mass is 31.2. The van der Waals surface area contributed by atoms with Crippen LogP contribution in [0, 0.1) is 0 Å². The molecule has 408 valence electrons. The zero-order chi connectivity index (χ0) is 50.6. The molecule has 0 rings (SSSR count). The largest absolute Gasteiger partial charge is 0.756 e. The smallest absolute Gasteiger partial charge is 0.268 e. The number of rotatable bonds is 55. The van der Waals surface area contributed by atoms with E-state index in [1.165, 1.54) is 231 Å². The van der Waals surface area contributed by atoms with Crippen molar-refractivity contribution in [2.75, 3.05) is 40.9 Å². The van der Waals surface area contributed by atoms with Gasteiger partial charge in [0, 0.05) is 6.42 Å². The second-order valence-electron chi connectivity index (χ2n) is 21.7. The quantitative estimate of drug-likeness (QED) is 0.0272. The zero-order valence-corrected chi connectivity index (χ0v) is 47.4. The minimum atomic E-state index is -4.61. The molecule has 69 heavy (non-hydrogen) atoms. The Hall–Kier alpha value is -1.28. The second-order valence-corrected chi connectivity index (χ2v) is 23.1. The first kappa shape index (κ1) is 67.7. The van der Waals surface area contributed by atoms with E-state index in [0.717, 1.165) is 38.5 Å². The number of hydrogen-bond donors (Lipinski definition) is 2. The Morgan fingerprint density at radius 2 is 0.812 bits per heavy atom. The number of aliphatic hydroxyl groups excluding tert-OH is 1. The molecule has 0 aromatic heterocycles. The summed E-state index contributed by atoms with van der Waals surface area (Å²) in [4.78, 5) is 25.5. The van der Waals surface area contributed by atoms with Crippen molar-refractivity contribution >= 4 is 13.7 Å². The van der Waals surface area contributed by atoms with Crippen LogP contribution in [0.5, 0.6) is 0 Å². The number of carbonyl (C=O) groups is 1. The van der Waals surface area contributed by atoms with Crippen molar-refractivity contribution in [2.24, 2.45) is 0 Å². The lowest BCUT2D eigenvalue weighted by Crippen LogP contribution is -2.45. The fraction of sp³-hybridized carbons (Fsp3) is 0.883. The Morgan fingerprint density at radius 1 is 0.493 bits per heavy atom. The van der Waals surface area contributed by atoms with Gasteiger partial charge < -0.3 is 28.8 Å². The number of unbranched alkanes of at least 4 members (excludes halogenated alkanes) is 38. The number of phosphoric acid groups is 1. The van der Waals surface area contributed by atoms with Crippen LogP contribution in [0.25, 0.3) is 0 Å². The minimum absolute atomic E-state index is 0.00655. The van der Waals surface area contributed by atoms with Crippen LogP contribution in [-0.4, -0.2) is 68.5 Å². The Morgan fingerprint density at radius 3 is 1.17 bits per heavy atom. The summed E-state index contributed by atoms with van der Waals surface area (Å²) in [5.41, 5.74) is 0. The molecule has 0 heterocycles. The molecular weight excluding hydrogens is 876 g/mol. The molecule has 8 nitrogen and oxygen atoms in total. The van der Waals surface area contributed by atoms with Gasteiger partial charge in [0.2, 0.25) is 5.91 Å². The number of hydrogen-bond acceptors (Lipinski definition) is 6. The molecule has 9 heteroatoms. The summed E-state index contributed by atoms with van der Waals surface area (Å²) in [5, 5.41) is 13.9. The average molecular weight is 994 g/mol. The molecule has 3 unspecified atom stereocenters. The van der Waals surface area contributed by atoms with Crippen molar-refractivity contribution in [1.29, 1.82) is 0 Å². The predicted molar refractivity (Wildman–Crippen MR) is 298 cm³/mol. The Bertz CT molecular complexity index is 1220. The van der Waals surface area contributed by atoms with Crippen molar-refractivity contribution < 1.29 is 32.9 Å². The van der Waals surface area contributed by atoms with E-state index in [-0.39, 0.29) is 12.5 Å². The van der Waals surface area contributed by atoms with E-state index in [4.69, 9.17) is 9.05 Å². The maximum absolute atomic E-state index is 13.0. The summed E-state index contributed by atoms with van der Waals surface area (Å²) in [7, 11) is 1.25. The lowest BCUT2D eigenvalue weighted by Gasteiger charge is -2.29. The molecule has 0 saturated heterocycles. The lowest BCUT2D eigenvalue weighted by atomic mass is 10.0. The van der Waals surface area contributed by atoms with Gasteiger partial charge in [-0.1, -0.05) is 262 Å². The highest BCUT2D eigenvalue weighted by molar-refractivity contribution is 7.45. The number of quaternary nitrogens is 1. The molecular formula is C60H117N2O6P. The van der Waals surface area contributed by atoms with E-state index in [9.17, 15) is 19.4 Å². The van der Waals surface area contributed by atoms with Gasteiger partial charge in [0.05, 0.1) is 39.9 Å². The Kier molecular flexibility index (Phi) is 50.7. The van der Waals surface area contributed by atoms with Crippen LogP contribution in [0.15, 0.2) is 36.5 Å². The van der Waals surface area contributed by atoms with Crippen LogP contribution >= 0.6 is 7.82 Å². The molecule has 0 spiro atoms.